The van der Waals surface area contributed by atoms with Gasteiger partial charge in [0.25, 0.3) is 0 Å². The number of nitrogens with zero attached hydrogens (tertiary/aromatic N) is 1. The van der Waals surface area contributed by atoms with Crippen molar-refractivity contribution in [1.29, 1.82) is 0 Å². The second kappa shape index (κ2) is 8.03. The van der Waals surface area contributed by atoms with Crippen molar-refractivity contribution in [3.8, 4) is 0 Å². The average Bonchev–Trinajstić information content (AvgIpc) is 2.44. The van der Waals surface area contributed by atoms with Gasteiger partial charge in [-0.3, -0.25) is 0 Å². The summed E-state index contributed by atoms with van der Waals surface area (Å²) in [6.45, 7) is 4.10. The first-order valence-corrected chi connectivity index (χ1v) is 8.47. The molecule has 5 heteroatoms. The van der Waals surface area contributed by atoms with Crippen molar-refractivity contribution in [3.05, 3.63) is 51.6 Å². The van der Waals surface area contributed by atoms with Gasteiger partial charge in [0.05, 0.1) is 5.02 Å². The van der Waals surface area contributed by atoms with Crippen molar-refractivity contribution in [2.45, 2.75) is 29.8 Å². The van der Waals surface area contributed by atoms with E-state index in [0.717, 1.165) is 33.9 Å². The lowest BCUT2D eigenvalue weighted by atomic mass is 10.2. The van der Waals surface area contributed by atoms with Crippen molar-refractivity contribution < 1.29 is 0 Å². The van der Waals surface area contributed by atoms with E-state index in [0.29, 0.717) is 5.02 Å². The molecule has 2 rings (SSSR count). The Bertz CT molecular complexity index is 578. The number of rotatable bonds is 6. The number of pyridine rings is 1. The third kappa shape index (κ3) is 4.48. The van der Waals surface area contributed by atoms with Crippen LogP contribution < -0.4 is 5.32 Å². The smallest absolute Gasteiger partial charge is 0.119 e. The van der Waals surface area contributed by atoms with Gasteiger partial charge in [0, 0.05) is 22.1 Å². The summed E-state index contributed by atoms with van der Waals surface area (Å²) < 4.78 is 1.07. The first-order chi connectivity index (χ1) is 9.70. The van der Waals surface area contributed by atoms with Crippen LogP contribution in [-0.4, -0.2) is 11.5 Å². The van der Waals surface area contributed by atoms with E-state index < -0.39 is 0 Å². The molecule has 2 nitrogen and oxygen atoms in total. The Morgan fingerprint density at radius 3 is 2.90 bits per heavy atom. The second-order valence-electron chi connectivity index (χ2n) is 4.33. The first kappa shape index (κ1) is 15.8. The highest BCUT2D eigenvalue weighted by Gasteiger charge is 2.07. The molecule has 1 aromatic carbocycles. The van der Waals surface area contributed by atoms with Crippen LogP contribution in [0.15, 0.2) is 50.9 Å². The van der Waals surface area contributed by atoms with Crippen molar-refractivity contribution in [2.24, 2.45) is 0 Å². The molecule has 0 aliphatic heterocycles. The number of benzene rings is 1. The lowest BCUT2D eigenvalue weighted by Gasteiger charge is -2.08. The highest BCUT2D eigenvalue weighted by atomic mass is 79.9. The molecule has 0 radical (unpaired) electrons. The molecule has 0 amide bonds. The molecule has 20 heavy (non-hydrogen) atoms. The van der Waals surface area contributed by atoms with Crippen LogP contribution in [0.1, 0.15) is 18.9 Å². The number of halogens is 2. The van der Waals surface area contributed by atoms with E-state index in [1.165, 1.54) is 5.56 Å². The van der Waals surface area contributed by atoms with Crippen molar-refractivity contribution in [3.63, 3.8) is 0 Å². The highest BCUT2D eigenvalue weighted by Crippen LogP contribution is 2.36. The maximum absolute atomic E-state index is 6.13. The molecule has 1 N–H and O–H groups in total. The molecule has 0 spiro atoms. The molecule has 1 heterocycles. The molecule has 1 aromatic heterocycles. The van der Waals surface area contributed by atoms with Crippen LogP contribution in [0, 0.1) is 0 Å². The Morgan fingerprint density at radius 1 is 1.35 bits per heavy atom. The lowest BCUT2D eigenvalue weighted by molar-refractivity contribution is 0.675. The number of hydrogen-bond donors (Lipinski definition) is 1. The van der Waals surface area contributed by atoms with Crippen LogP contribution in [0.2, 0.25) is 5.02 Å². The van der Waals surface area contributed by atoms with E-state index >= 15 is 0 Å². The van der Waals surface area contributed by atoms with Gasteiger partial charge in [-0.2, -0.15) is 0 Å². The van der Waals surface area contributed by atoms with Crippen LogP contribution >= 0.6 is 39.3 Å². The molecule has 2 aromatic rings. The van der Waals surface area contributed by atoms with Gasteiger partial charge >= 0.3 is 0 Å². The van der Waals surface area contributed by atoms with Gasteiger partial charge in [-0.1, -0.05) is 36.4 Å². The van der Waals surface area contributed by atoms with E-state index in [1.807, 2.05) is 12.1 Å². The van der Waals surface area contributed by atoms with E-state index in [1.54, 1.807) is 18.0 Å². The zero-order valence-corrected chi connectivity index (χ0v) is 14.4. The Kier molecular flexibility index (Phi) is 6.36. The van der Waals surface area contributed by atoms with Crippen LogP contribution in [0.4, 0.5) is 0 Å². The molecule has 106 valence electrons. The van der Waals surface area contributed by atoms with E-state index in [2.05, 4.69) is 51.4 Å². The summed E-state index contributed by atoms with van der Waals surface area (Å²) in [4.78, 5) is 5.41. The SMILES string of the molecule is CCCNCc1ccc(Sc2ncccc2Cl)c(Br)c1. The zero-order chi connectivity index (χ0) is 14.4. The van der Waals surface area contributed by atoms with Gasteiger partial charge in [0.15, 0.2) is 0 Å². The van der Waals surface area contributed by atoms with Gasteiger partial charge in [-0.25, -0.2) is 4.98 Å². The summed E-state index contributed by atoms with van der Waals surface area (Å²) in [5, 5.41) is 4.90. The molecule has 0 aliphatic carbocycles. The molecule has 0 aliphatic rings. The summed E-state index contributed by atoms with van der Waals surface area (Å²) in [5.74, 6) is 0. The molecular weight excluding hydrogens is 356 g/mol. The fourth-order valence-electron chi connectivity index (χ4n) is 1.70. The first-order valence-electron chi connectivity index (χ1n) is 6.48. The number of hydrogen-bond acceptors (Lipinski definition) is 3. The van der Waals surface area contributed by atoms with E-state index in [4.69, 9.17) is 11.6 Å². The van der Waals surface area contributed by atoms with Gasteiger partial charge in [-0.05, 0) is 58.7 Å². The van der Waals surface area contributed by atoms with Crippen LogP contribution in [0.3, 0.4) is 0 Å². The third-order valence-corrected chi connectivity index (χ3v) is 5.11. The summed E-state index contributed by atoms with van der Waals surface area (Å²) in [7, 11) is 0. The number of nitrogens with one attached hydrogen (secondary N) is 1. The molecular formula is C15H16BrClN2S. The van der Waals surface area contributed by atoms with Gasteiger partial charge < -0.3 is 5.32 Å². The predicted molar refractivity (Wildman–Crippen MR) is 89.5 cm³/mol. The van der Waals surface area contributed by atoms with Crippen molar-refractivity contribution >= 4 is 39.3 Å². The summed E-state index contributed by atoms with van der Waals surface area (Å²) in [5.41, 5.74) is 1.27. The number of aromatic nitrogens is 1. The predicted octanol–water partition coefficient (Wildman–Crippen LogP) is 5.15. The minimum Gasteiger partial charge on any atom is -0.313 e. The minimum atomic E-state index is 0.679. The van der Waals surface area contributed by atoms with Gasteiger partial charge in [0.2, 0.25) is 0 Å². The van der Waals surface area contributed by atoms with Gasteiger partial charge in [-0.15, -0.1) is 0 Å². The van der Waals surface area contributed by atoms with Gasteiger partial charge in [0.1, 0.15) is 5.03 Å². The highest BCUT2D eigenvalue weighted by molar-refractivity contribution is 9.10. The Morgan fingerprint density at radius 2 is 2.20 bits per heavy atom. The molecule has 0 saturated heterocycles. The standard InChI is InChI=1S/C15H16BrClN2S/c1-2-7-18-10-11-5-6-14(12(16)9-11)20-15-13(17)4-3-8-19-15/h3-6,8-9,18H,2,7,10H2,1H3. The Hall–Kier alpha value is -0.550. The van der Waals surface area contributed by atoms with E-state index in [-0.39, 0.29) is 0 Å². The fourth-order valence-corrected chi connectivity index (χ4v) is 3.38. The molecule has 0 saturated carbocycles. The monoisotopic (exact) mass is 370 g/mol. The summed E-state index contributed by atoms with van der Waals surface area (Å²) >= 11 is 11.3. The largest absolute Gasteiger partial charge is 0.313 e. The molecule has 0 fully saturated rings. The van der Waals surface area contributed by atoms with Crippen molar-refractivity contribution in [1.82, 2.24) is 10.3 Å². The zero-order valence-electron chi connectivity index (χ0n) is 11.2. The normalized spacial score (nSPS) is 10.8. The summed E-state index contributed by atoms with van der Waals surface area (Å²) in [6, 6.07) is 10.1. The molecule has 0 bridgehead atoms. The minimum absolute atomic E-state index is 0.679. The van der Waals surface area contributed by atoms with Crippen LogP contribution in [-0.2, 0) is 6.54 Å². The molecule has 0 unspecified atom stereocenters. The lowest BCUT2D eigenvalue weighted by Crippen LogP contribution is -2.13. The Balaban J connectivity index is 2.08. The quantitative estimate of drug-likeness (QED) is 0.711. The fraction of sp³-hybridized carbons (Fsp3) is 0.267. The summed E-state index contributed by atoms with van der Waals surface area (Å²) in [6.07, 6.45) is 2.90. The van der Waals surface area contributed by atoms with Crippen molar-refractivity contribution in [2.75, 3.05) is 6.54 Å². The van der Waals surface area contributed by atoms with Crippen LogP contribution in [0.25, 0.3) is 0 Å². The van der Waals surface area contributed by atoms with Crippen LogP contribution in [0.5, 0.6) is 0 Å². The molecule has 0 atom stereocenters. The van der Waals surface area contributed by atoms with E-state index in [9.17, 15) is 0 Å². The average molecular weight is 372 g/mol. The second-order valence-corrected chi connectivity index (χ2v) is 6.63. The Labute approximate surface area is 137 Å². The third-order valence-electron chi connectivity index (χ3n) is 2.68. The topological polar surface area (TPSA) is 24.9 Å². The maximum atomic E-state index is 6.13. The maximum Gasteiger partial charge on any atom is 0.119 e.